The van der Waals surface area contributed by atoms with Crippen LogP contribution in [-0.2, 0) is 4.74 Å². The minimum atomic E-state index is -0.0323. The van der Waals surface area contributed by atoms with Gasteiger partial charge < -0.3 is 19.4 Å². The molecule has 2 atom stereocenters. The average Bonchev–Trinajstić information content (AvgIpc) is 3.01. The number of nitrogens with zero attached hydrogens (tertiary/aromatic N) is 2. The van der Waals surface area contributed by atoms with Crippen LogP contribution in [0.4, 0.5) is 4.79 Å². The van der Waals surface area contributed by atoms with Crippen molar-refractivity contribution in [1.82, 2.24) is 15.1 Å². The van der Waals surface area contributed by atoms with Crippen LogP contribution in [-0.4, -0.2) is 62.3 Å². The summed E-state index contributed by atoms with van der Waals surface area (Å²) in [5.74, 6) is 0.855. The molecule has 0 bridgehead atoms. The predicted octanol–water partition coefficient (Wildman–Crippen LogP) is 1.70. The van der Waals surface area contributed by atoms with Crippen molar-refractivity contribution in [3.63, 3.8) is 0 Å². The number of carbonyl (C=O) groups is 1. The van der Waals surface area contributed by atoms with Crippen molar-refractivity contribution in [2.45, 2.75) is 25.5 Å². The lowest BCUT2D eigenvalue weighted by molar-refractivity contribution is -0.0155. The van der Waals surface area contributed by atoms with E-state index >= 15 is 0 Å². The van der Waals surface area contributed by atoms with Crippen LogP contribution >= 0.6 is 0 Å². The topological polar surface area (TPSA) is 58.0 Å². The molecule has 21 heavy (non-hydrogen) atoms. The van der Waals surface area contributed by atoms with E-state index in [0.717, 1.165) is 12.2 Å². The molecule has 6 heteroatoms. The fourth-order valence-corrected chi connectivity index (χ4v) is 2.47. The molecule has 0 spiro atoms. The Labute approximate surface area is 126 Å². The SMILES string of the molecule is CC[C@@H]1CN(C(=O)NC[C@H](c2ccco2)N(C)C)CCO1. The number of amides is 2. The molecule has 0 aliphatic carbocycles. The maximum atomic E-state index is 12.3. The lowest BCUT2D eigenvalue weighted by atomic mass is 10.2. The van der Waals surface area contributed by atoms with Crippen molar-refractivity contribution in [1.29, 1.82) is 0 Å². The monoisotopic (exact) mass is 295 g/mol. The van der Waals surface area contributed by atoms with Gasteiger partial charge in [0.2, 0.25) is 0 Å². The van der Waals surface area contributed by atoms with E-state index in [1.807, 2.05) is 36.0 Å². The number of rotatable bonds is 5. The Morgan fingerprint density at radius 3 is 3.00 bits per heavy atom. The minimum Gasteiger partial charge on any atom is -0.468 e. The van der Waals surface area contributed by atoms with Crippen molar-refractivity contribution < 1.29 is 13.9 Å². The summed E-state index contributed by atoms with van der Waals surface area (Å²) in [5, 5.41) is 3.00. The van der Waals surface area contributed by atoms with Gasteiger partial charge in [-0.15, -0.1) is 0 Å². The van der Waals surface area contributed by atoms with Gasteiger partial charge in [0.25, 0.3) is 0 Å². The molecule has 1 N–H and O–H groups in total. The first kappa shape index (κ1) is 15.9. The average molecular weight is 295 g/mol. The van der Waals surface area contributed by atoms with E-state index in [4.69, 9.17) is 9.15 Å². The Balaban J connectivity index is 1.87. The Hall–Kier alpha value is -1.53. The number of ether oxygens (including phenoxy) is 1. The zero-order chi connectivity index (χ0) is 15.2. The highest BCUT2D eigenvalue weighted by molar-refractivity contribution is 5.74. The van der Waals surface area contributed by atoms with E-state index in [-0.39, 0.29) is 18.2 Å². The van der Waals surface area contributed by atoms with Crippen molar-refractivity contribution in [2.75, 3.05) is 40.3 Å². The second-order valence-electron chi connectivity index (χ2n) is 5.53. The molecule has 1 aromatic heterocycles. The summed E-state index contributed by atoms with van der Waals surface area (Å²) in [6.07, 6.45) is 2.73. The third-order valence-electron chi connectivity index (χ3n) is 3.82. The van der Waals surface area contributed by atoms with E-state index in [1.165, 1.54) is 0 Å². The fourth-order valence-electron chi connectivity index (χ4n) is 2.47. The highest BCUT2D eigenvalue weighted by atomic mass is 16.5. The molecule has 0 aromatic carbocycles. The molecule has 2 rings (SSSR count). The number of morpholine rings is 1. The van der Waals surface area contributed by atoms with E-state index < -0.39 is 0 Å². The summed E-state index contributed by atoms with van der Waals surface area (Å²) in [6.45, 7) is 4.52. The highest BCUT2D eigenvalue weighted by Gasteiger charge is 2.24. The minimum absolute atomic E-state index is 0.0323. The quantitative estimate of drug-likeness (QED) is 0.898. The van der Waals surface area contributed by atoms with Gasteiger partial charge in [0.1, 0.15) is 5.76 Å². The molecular weight excluding hydrogens is 270 g/mol. The van der Waals surface area contributed by atoms with E-state index in [2.05, 4.69) is 12.2 Å². The number of likely N-dealkylation sites (N-methyl/N-ethyl adjacent to an activating group) is 1. The van der Waals surface area contributed by atoms with Crippen LogP contribution in [0.1, 0.15) is 25.1 Å². The van der Waals surface area contributed by atoms with Crippen LogP contribution < -0.4 is 5.32 Å². The summed E-state index contributed by atoms with van der Waals surface area (Å²) in [7, 11) is 3.95. The molecule has 0 radical (unpaired) electrons. The molecule has 2 amide bonds. The first-order chi connectivity index (χ1) is 10.1. The molecule has 1 aliphatic rings. The van der Waals surface area contributed by atoms with Crippen LogP contribution in [0.25, 0.3) is 0 Å². The molecule has 0 saturated carbocycles. The molecule has 118 valence electrons. The van der Waals surface area contributed by atoms with Gasteiger partial charge in [0.05, 0.1) is 25.0 Å². The first-order valence-corrected chi connectivity index (χ1v) is 7.46. The van der Waals surface area contributed by atoms with Crippen molar-refractivity contribution >= 4 is 6.03 Å². The van der Waals surface area contributed by atoms with Gasteiger partial charge in [0.15, 0.2) is 0 Å². The van der Waals surface area contributed by atoms with Crippen molar-refractivity contribution in [3.05, 3.63) is 24.2 Å². The van der Waals surface area contributed by atoms with E-state index in [0.29, 0.717) is 26.2 Å². The number of furan rings is 1. The van der Waals surface area contributed by atoms with E-state index in [1.54, 1.807) is 6.26 Å². The van der Waals surface area contributed by atoms with Crippen molar-refractivity contribution in [2.24, 2.45) is 0 Å². The fraction of sp³-hybridized carbons (Fsp3) is 0.667. The van der Waals surface area contributed by atoms with Gasteiger partial charge in [-0.2, -0.15) is 0 Å². The molecule has 1 aliphatic heterocycles. The normalized spacial score (nSPS) is 20.6. The van der Waals surface area contributed by atoms with Gasteiger partial charge in [0, 0.05) is 19.6 Å². The molecule has 1 saturated heterocycles. The van der Waals surface area contributed by atoms with Crippen LogP contribution in [0, 0.1) is 0 Å². The van der Waals surface area contributed by atoms with Crippen LogP contribution in [0.15, 0.2) is 22.8 Å². The highest BCUT2D eigenvalue weighted by Crippen LogP contribution is 2.17. The summed E-state index contributed by atoms with van der Waals surface area (Å²) >= 11 is 0. The second kappa shape index (κ2) is 7.47. The molecule has 1 aromatic rings. The Bertz CT molecular complexity index is 433. The second-order valence-corrected chi connectivity index (χ2v) is 5.53. The van der Waals surface area contributed by atoms with Crippen LogP contribution in [0.2, 0.25) is 0 Å². The first-order valence-electron chi connectivity index (χ1n) is 7.46. The number of urea groups is 1. The van der Waals surface area contributed by atoms with Gasteiger partial charge in [-0.05, 0) is 32.6 Å². The molecule has 0 unspecified atom stereocenters. The largest absolute Gasteiger partial charge is 0.468 e. The zero-order valence-corrected chi connectivity index (χ0v) is 13.0. The number of hydrogen-bond donors (Lipinski definition) is 1. The molecular formula is C15H25N3O3. The summed E-state index contributed by atoms with van der Waals surface area (Å²) in [5.41, 5.74) is 0. The summed E-state index contributed by atoms with van der Waals surface area (Å²) in [4.78, 5) is 16.1. The zero-order valence-electron chi connectivity index (χ0n) is 13.0. The molecule has 6 nitrogen and oxygen atoms in total. The lowest BCUT2D eigenvalue weighted by Gasteiger charge is -2.33. The number of nitrogens with one attached hydrogen (secondary N) is 1. The predicted molar refractivity (Wildman–Crippen MR) is 80.1 cm³/mol. The number of carbonyl (C=O) groups excluding carboxylic acids is 1. The van der Waals surface area contributed by atoms with Gasteiger partial charge in [-0.3, -0.25) is 4.90 Å². The van der Waals surface area contributed by atoms with Crippen molar-refractivity contribution in [3.8, 4) is 0 Å². The smallest absolute Gasteiger partial charge is 0.317 e. The Morgan fingerprint density at radius 1 is 1.57 bits per heavy atom. The maximum Gasteiger partial charge on any atom is 0.317 e. The Kier molecular flexibility index (Phi) is 5.64. The lowest BCUT2D eigenvalue weighted by Crippen LogP contribution is -2.50. The maximum absolute atomic E-state index is 12.3. The molecule has 2 heterocycles. The van der Waals surface area contributed by atoms with Gasteiger partial charge in [-0.1, -0.05) is 6.92 Å². The third kappa shape index (κ3) is 4.22. The third-order valence-corrected chi connectivity index (χ3v) is 3.82. The van der Waals surface area contributed by atoms with Crippen LogP contribution in [0.5, 0.6) is 0 Å². The number of hydrogen-bond acceptors (Lipinski definition) is 4. The van der Waals surface area contributed by atoms with Crippen LogP contribution in [0.3, 0.4) is 0 Å². The standard InChI is InChI=1S/C15H25N3O3/c1-4-12-11-18(7-9-20-12)15(19)16-10-13(17(2)3)14-6-5-8-21-14/h5-6,8,12-13H,4,7,9-11H2,1-3H3,(H,16,19)/t12-,13-/m1/s1. The Morgan fingerprint density at radius 2 is 2.38 bits per heavy atom. The summed E-state index contributed by atoms with van der Waals surface area (Å²) < 4.78 is 11.0. The van der Waals surface area contributed by atoms with Gasteiger partial charge >= 0.3 is 6.03 Å². The van der Waals surface area contributed by atoms with E-state index in [9.17, 15) is 4.79 Å². The summed E-state index contributed by atoms with van der Waals surface area (Å²) in [6, 6.07) is 3.79. The van der Waals surface area contributed by atoms with Gasteiger partial charge in [-0.25, -0.2) is 4.79 Å². The molecule has 1 fully saturated rings.